The summed E-state index contributed by atoms with van der Waals surface area (Å²) in [6.45, 7) is 0.132. The minimum atomic E-state index is -1.19. The van der Waals surface area contributed by atoms with Gasteiger partial charge in [-0.1, -0.05) is 12.1 Å². The number of hydrogen-bond donors (Lipinski definition) is 2. The summed E-state index contributed by atoms with van der Waals surface area (Å²) in [4.78, 5) is 35.2. The Kier molecular flexibility index (Phi) is 7.16. The number of carboxylic acid groups (broad SMARTS) is 1. The highest BCUT2D eigenvalue weighted by Crippen LogP contribution is 2.16. The highest BCUT2D eigenvalue weighted by Gasteiger charge is 2.16. The summed E-state index contributed by atoms with van der Waals surface area (Å²) in [5, 5.41) is 15.5. The molecule has 136 valence electrons. The Labute approximate surface area is 158 Å². The summed E-state index contributed by atoms with van der Waals surface area (Å²) in [7, 11) is 0. The van der Waals surface area contributed by atoms with Crippen LogP contribution in [0.3, 0.4) is 0 Å². The minimum Gasteiger partial charge on any atom is -0.550 e. The maximum absolute atomic E-state index is 12.4. The molecule has 2 rings (SSSR count). The molecule has 0 unspecified atom stereocenters. The van der Waals surface area contributed by atoms with Crippen molar-refractivity contribution in [3.8, 4) is 0 Å². The van der Waals surface area contributed by atoms with Crippen molar-refractivity contribution >= 4 is 39.8 Å². The van der Waals surface area contributed by atoms with Crippen molar-refractivity contribution in [2.24, 2.45) is 0 Å². The zero-order valence-electron chi connectivity index (χ0n) is 13.7. The summed E-state index contributed by atoms with van der Waals surface area (Å²) >= 11 is 3.29. The summed E-state index contributed by atoms with van der Waals surface area (Å²) in [5.41, 5.74) is 0.344. The van der Waals surface area contributed by atoms with Crippen LogP contribution in [0.1, 0.15) is 29.0 Å². The molecule has 2 N–H and O–H groups in total. The number of hydrogen-bond acceptors (Lipinski definition) is 5. The second-order valence-electron chi connectivity index (χ2n) is 5.24. The Morgan fingerprint density at radius 1 is 1.15 bits per heavy atom. The zero-order chi connectivity index (χ0) is 18.9. The van der Waals surface area contributed by atoms with Crippen molar-refractivity contribution in [3.05, 3.63) is 64.2 Å². The number of benzene rings is 1. The van der Waals surface area contributed by atoms with Crippen LogP contribution in [0.4, 0.5) is 0 Å². The third-order valence-electron chi connectivity index (χ3n) is 3.28. The highest BCUT2D eigenvalue weighted by atomic mass is 79.9. The molecule has 7 nitrogen and oxygen atoms in total. The van der Waals surface area contributed by atoms with Gasteiger partial charge >= 0.3 is 0 Å². The molecule has 0 spiro atoms. The average Bonchev–Trinajstić information content (AvgIpc) is 3.11. The molecule has 0 atom stereocenters. The van der Waals surface area contributed by atoms with Crippen LogP contribution in [0, 0.1) is 0 Å². The first-order valence-electron chi connectivity index (χ1n) is 7.76. The van der Waals surface area contributed by atoms with Crippen molar-refractivity contribution in [1.82, 2.24) is 10.6 Å². The number of halogens is 1. The predicted octanol–water partition coefficient (Wildman–Crippen LogP) is 1.46. The van der Waals surface area contributed by atoms with Crippen LogP contribution in [0.5, 0.6) is 0 Å². The lowest BCUT2D eigenvalue weighted by atomic mass is 10.2. The van der Waals surface area contributed by atoms with Crippen LogP contribution >= 0.6 is 15.9 Å². The first-order valence-corrected chi connectivity index (χ1v) is 8.56. The lowest BCUT2D eigenvalue weighted by Gasteiger charge is -2.11. The molecule has 26 heavy (non-hydrogen) atoms. The predicted molar refractivity (Wildman–Crippen MR) is 95.5 cm³/mol. The lowest BCUT2D eigenvalue weighted by molar-refractivity contribution is -0.305. The number of carbonyl (C=O) groups is 3. The quantitative estimate of drug-likeness (QED) is 0.496. The topological polar surface area (TPSA) is 111 Å². The summed E-state index contributed by atoms with van der Waals surface area (Å²) in [5.74, 6) is -1.83. The molecule has 0 saturated carbocycles. The molecule has 1 heterocycles. The SMILES string of the molecule is O=C([O-])CCCNC(=O)/C(=C\c1ccco1)NC(=O)c1ccccc1Br. The average molecular weight is 420 g/mol. The van der Waals surface area contributed by atoms with Gasteiger partial charge in [0, 0.05) is 23.1 Å². The van der Waals surface area contributed by atoms with Gasteiger partial charge in [-0.15, -0.1) is 0 Å². The van der Waals surface area contributed by atoms with Gasteiger partial charge in [-0.2, -0.15) is 0 Å². The van der Waals surface area contributed by atoms with E-state index in [1.807, 2.05) is 0 Å². The lowest BCUT2D eigenvalue weighted by Crippen LogP contribution is -2.35. The van der Waals surface area contributed by atoms with Gasteiger partial charge in [-0.05, 0) is 53.0 Å². The van der Waals surface area contributed by atoms with Crippen molar-refractivity contribution in [2.45, 2.75) is 12.8 Å². The normalized spacial score (nSPS) is 11.0. The van der Waals surface area contributed by atoms with Gasteiger partial charge in [0.05, 0.1) is 11.8 Å². The third kappa shape index (κ3) is 5.89. The second-order valence-corrected chi connectivity index (χ2v) is 6.09. The van der Waals surface area contributed by atoms with Crippen molar-refractivity contribution in [3.63, 3.8) is 0 Å². The first kappa shape index (κ1) is 19.5. The Morgan fingerprint density at radius 2 is 1.92 bits per heavy atom. The van der Waals surface area contributed by atoms with Gasteiger partial charge in [0.2, 0.25) is 0 Å². The van der Waals surface area contributed by atoms with Crippen molar-refractivity contribution in [2.75, 3.05) is 6.54 Å². The van der Waals surface area contributed by atoms with E-state index in [-0.39, 0.29) is 25.1 Å². The maximum atomic E-state index is 12.4. The molecule has 2 aromatic rings. The molecule has 1 aromatic carbocycles. The molecule has 0 aliphatic heterocycles. The third-order valence-corrected chi connectivity index (χ3v) is 3.98. The first-order chi connectivity index (χ1) is 12.5. The van der Waals surface area contributed by atoms with E-state index in [1.165, 1.54) is 12.3 Å². The molecule has 0 radical (unpaired) electrons. The molecule has 0 aliphatic carbocycles. The molecule has 8 heteroatoms. The fraction of sp³-hybridized carbons (Fsp3) is 0.167. The fourth-order valence-corrected chi connectivity index (χ4v) is 2.50. The van der Waals surface area contributed by atoms with Gasteiger partial charge in [0.15, 0.2) is 0 Å². The minimum absolute atomic E-state index is 0.0193. The van der Waals surface area contributed by atoms with Crippen molar-refractivity contribution < 1.29 is 23.9 Å². The second kappa shape index (κ2) is 9.57. The summed E-state index contributed by atoms with van der Waals surface area (Å²) in [6, 6.07) is 10.1. The molecule has 2 amide bonds. The standard InChI is InChI=1S/C18H17BrN2O5/c19-14-7-2-1-6-13(14)17(24)21-15(11-12-5-4-10-26-12)18(25)20-9-3-8-16(22)23/h1-2,4-7,10-11H,3,8-9H2,(H,20,25)(H,21,24)(H,22,23)/p-1/b15-11+. The number of furan rings is 1. The smallest absolute Gasteiger partial charge is 0.267 e. The molecule has 0 saturated heterocycles. The van der Waals surface area contributed by atoms with Crippen LogP contribution < -0.4 is 15.7 Å². The molecule has 0 bridgehead atoms. The van der Waals surface area contributed by atoms with E-state index < -0.39 is 17.8 Å². The molecule has 1 aromatic heterocycles. The number of nitrogens with one attached hydrogen (secondary N) is 2. The summed E-state index contributed by atoms with van der Waals surface area (Å²) < 4.78 is 5.77. The van der Waals surface area contributed by atoms with Crippen molar-refractivity contribution in [1.29, 1.82) is 0 Å². The van der Waals surface area contributed by atoms with E-state index >= 15 is 0 Å². The van der Waals surface area contributed by atoms with E-state index in [0.717, 1.165) is 0 Å². The van der Waals surface area contributed by atoms with Gasteiger partial charge in [-0.25, -0.2) is 0 Å². The number of rotatable bonds is 8. The van der Waals surface area contributed by atoms with E-state index in [9.17, 15) is 19.5 Å². The van der Waals surface area contributed by atoms with E-state index in [4.69, 9.17) is 4.42 Å². The van der Waals surface area contributed by atoms with Crippen LogP contribution in [0.15, 0.2) is 57.2 Å². The molecular weight excluding hydrogens is 404 g/mol. The Morgan fingerprint density at radius 3 is 2.58 bits per heavy atom. The number of aliphatic carboxylic acids is 1. The molecule has 0 fully saturated rings. The van der Waals surface area contributed by atoms with Gasteiger partial charge in [0.25, 0.3) is 11.8 Å². The van der Waals surface area contributed by atoms with Gasteiger partial charge < -0.3 is 25.0 Å². The van der Waals surface area contributed by atoms with Crippen LogP contribution in [-0.2, 0) is 9.59 Å². The number of carboxylic acids is 1. The Balaban J connectivity index is 2.11. The molecule has 0 aliphatic rings. The number of carbonyl (C=O) groups excluding carboxylic acids is 3. The largest absolute Gasteiger partial charge is 0.550 e. The van der Waals surface area contributed by atoms with E-state index in [1.54, 1.807) is 36.4 Å². The fourth-order valence-electron chi connectivity index (χ4n) is 2.04. The zero-order valence-corrected chi connectivity index (χ0v) is 15.2. The highest BCUT2D eigenvalue weighted by molar-refractivity contribution is 9.10. The van der Waals surface area contributed by atoms with E-state index in [2.05, 4.69) is 26.6 Å². The number of amides is 2. The van der Waals surface area contributed by atoms with Crippen LogP contribution in [-0.4, -0.2) is 24.3 Å². The van der Waals surface area contributed by atoms with Crippen LogP contribution in [0.2, 0.25) is 0 Å². The molecular formula is C18H16BrN2O5-. The van der Waals surface area contributed by atoms with Crippen LogP contribution in [0.25, 0.3) is 6.08 Å². The Hall–Kier alpha value is -2.87. The van der Waals surface area contributed by atoms with Gasteiger partial charge in [0.1, 0.15) is 11.5 Å². The Bertz CT molecular complexity index is 815. The van der Waals surface area contributed by atoms with E-state index in [0.29, 0.717) is 15.8 Å². The maximum Gasteiger partial charge on any atom is 0.267 e. The monoisotopic (exact) mass is 419 g/mol. The summed E-state index contributed by atoms with van der Waals surface area (Å²) in [6.07, 6.45) is 2.89. The van der Waals surface area contributed by atoms with Gasteiger partial charge in [-0.3, -0.25) is 9.59 Å².